The topological polar surface area (TPSA) is 0 Å². The maximum atomic E-state index is 3.75. The second-order valence-electron chi connectivity index (χ2n) is 3.25. The van der Waals surface area contributed by atoms with Gasteiger partial charge in [-0.15, -0.1) is 22.7 Å². The van der Waals surface area contributed by atoms with Crippen molar-refractivity contribution in [3.63, 3.8) is 0 Å². The lowest BCUT2D eigenvalue weighted by atomic mass is 10.1. The molecule has 0 spiro atoms. The lowest BCUT2D eigenvalue weighted by Crippen LogP contribution is -1.88. The Bertz CT molecular complexity index is 414. The molecule has 3 heteroatoms. The average Bonchev–Trinajstić information content (AvgIpc) is 2.73. The Balaban J connectivity index is 2.36. The van der Waals surface area contributed by atoms with Crippen molar-refractivity contribution >= 4 is 38.6 Å². The van der Waals surface area contributed by atoms with Gasteiger partial charge < -0.3 is 0 Å². The van der Waals surface area contributed by atoms with Crippen molar-refractivity contribution in [2.45, 2.75) is 18.7 Å². The molecule has 0 aliphatic rings. The zero-order chi connectivity index (χ0) is 10.1. The van der Waals surface area contributed by atoms with E-state index in [1.54, 1.807) is 11.3 Å². The molecule has 0 saturated heterocycles. The Morgan fingerprint density at radius 2 is 2.14 bits per heavy atom. The van der Waals surface area contributed by atoms with Crippen molar-refractivity contribution in [2.24, 2.45) is 0 Å². The minimum Gasteiger partial charge on any atom is -0.147 e. The Morgan fingerprint density at radius 3 is 2.64 bits per heavy atom. The highest BCUT2D eigenvalue weighted by molar-refractivity contribution is 9.09. The molecular formula is C11H11BrS2. The van der Waals surface area contributed by atoms with Crippen LogP contribution in [0.15, 0.2) is 23.6 Å². The summed E-state index contributed by atoms with van der Waals surface area (Å²) in [6.45, 7) is 4.35. The van der Waals surface area contributed by atoms with Gasteiger partial charge in [-0.3, -0.25) is 0 Å². The standard InChI is InChI=1S/C11H11BrS2/c1-7-6-9(8(2)14-7)11(12)10-4-3-5-13-10/h3-6,11H,1-2H3. The molecule has 0 amide bonds. The van der Waals surface area contributed by atoms with Gasteiger partial charge in [0.15, 0.2) is 0 Å². The predicted molar refractivity (Wildman–Crippen MR) is 68.9 cm³/mol. The van der Waals surface area contributed by atoms with E-state index in [1.165, 1.54) is 20.2 Å². The molecule has 2 aromatic heterocycles. The summed E-state index contributed by atoms with van der Waals surface area (Å²) >= 11 is 7.43. The molecule has 14 heavy (non-hydrogen) atoms. The van der Waals surface area contributed by atoms with Crippen molar-refractivity contribution in [1.82, 2.24) is 0 Å². The minimum absolute atomic E-state index is 0.368. The zero-order valence-corrected chi connectivity index (χ0v) is 11.3. The van der Waals surface area contributed by atoms with E-state index >= 15 is 0 Å². The van der Waals surface area contributed by atoms with Crippen LogP contribution in [0, 0.1) is 13.8 Å². The molecule has 74 valence electrons. The van der Waals surface area contributed by atoms with Gasteiger partial charge in [-0.25, -0.2) is 0 Å². The largest absolute Gasteiger partial charge is 0.147 e. The summed E-state index contributed by atoms with van der Waals surface area (Å²) in [5.74, 6) is 0. The number of thiophene rings is 2. The highest BCUT2D eigenvalue weighted by Crippen LogP contribution is 2.38. The van der Waals surface area contributed by atoms with Gasteiger partial charge in [0.25, 0.3) is 0 Å². The van der Waals surface area contributed by atoms with E-state index in [0.29, 0.717) is 4.83 Å². The van der Waals surface area contributed by atoms with Crippen LogP contribution in [-0.4, -0.2) is 0 Å². The first kappa shape index (κ1) is 10.4. The smallest absolute Gasteiger partial charge is 0.0748 e. The van der Waals surface area contributed by atoms with Gasteiger partial charge in [0.2, 0.25) is 0 Å². The summed E-state index contributed by atoms with van der Waals surface area (Å²) in [5.41, 5.74) is 1.41. The van der Waals surface area contributed by atoms with Gasteiger partial charge in [0.1, 0.15) is 0 Å². The predicted octanol–water partition coefficient (Wildman–Crippen LogP) is 4.91. The van der Waals surface area contributed by atoms with Crippen LogP contribution in [0.1, 0.15) is 25.0 Å². The van der Waals surface area contributed by atoms with Crippen molar-refractivity contribution in [3.05, 3.63) is 43.8 Å². The number of hydrogen-bond donors (Lipinski definition) is 0. The van der Waals surface area contributed by atoms with Gasteiger partial charge in [-0.1, -0.05) is 22.0 Å². The SMILES string of the molecule is Cc1cc(C(Br)c2cccs2)c(C)s1. The highest BCUT2D eigenvalue weighted by atomic mass is 79.9. The minimum atomic E-state index is 0.368. The highest BCUT2D eigenvalue weighted by Gasteiger charge is 2.15. The van der Waals surface area contributed by atoms with Crippen LogP contribution < -0.4 is 0 Å². The van der Waals surface area contributed by atoms with Crippen molar-refractivity contribution < 1.29 is 0 Å². The van der Waals surface area contributed by atoms with Crippen LogP contribution in [0.25, 0.3) is 0 Å². The van der Waals surface area contributed by atoms with Gasteiger partial charge in [-0.05, 0) is 36.9 Å². The Hall–Kier alpha value is -0.120. The fourth-order valence-corrected chi connectivity index (χ4v) is 4.28. The van der Waals surface area contributed by atoms with E-state index in [1.807, 2.05) is 11.3 Å². The molecule has 1 atom stereocenters. The molecule has 2 rings (SSSR count). The van der Waals surface area contributed by atoms with E-state index in [0.717, 1.165) is 0 Å². The molecule has 0 aliphatic carbocycles. The van der Waals surface area contributed by atoms with Crippen LogP contribution in [0.4, 0.5) is 0 Å². The summed E-state index contributed by atoms with van der Waals surface area (Å²) in [6, 6.07) is 6.55. The summed E-state index contributed by atoms with van der Waals surface area (Å²) in [6.07, 6.45) is 0. The van der Waals surface area contributed by atoms with Crippen LogP contribution in [0.5, 0.6) is 0 Å². The molecule has 0 radical (unpaired) electrons. The first-order chi connectivity index (χ1) is 6.68. The monoisotopic (exact) mass is 286 g/mol. The Labute approximate surface area is 101 Å². The molecule has 2 heterocycles. The Morgan fingerprint density at radius 1 is 1.36 bits per heavy atom. The molecule has 0 N–H and O–H groups in total. The second kappa shape index (κ2) is 4.17. The van der Waals surface area contributed by atoms with Gasteiger partial charge in [0.05, 0.1) is 4.83 Å². The number of aryl methyl sites for hydroxylation is 2. The third-order valence-electron chi connectivity index (χ3n) is 2.15. The molecule has 1 unspecified atom stereocenters. The van der Waals surface area contributed by atoms with E-state index in [9.17, 15) is 0 Å². The number of alkyl halides is 1. The van der Waals surface area contributed by atoms with Crippen LogP contribution in [0.3, 0.4) is 0 Å². The maximum absolute atomic E-state index is 3.75. The molecule has 0 bridgehead atoms. The maximum Gasteiger partial charge on any atom is 0.0748 e. The van der Waals surface area contributed by atoms with Crippen molar-refractivity contribution in [1.29, 1.82) is 0 Å². The zero-order valence-electron chi connectivity index (χ0n) is 8.08. The van der Waals surface area contributed by atoms with E-state index in [-0.39, 0.29) is 0 Å². The number of halogens is 1. The van der Waals surface area contributed by atoms with Gasteiger partial charge >= 0.3 is 0 Å². The third kappa shape index (κ3) is 1.95. The van der Waals surface area contributed by atoms with E-state index in [4.69, 9.17) is 0 Å². The van der Waals surface area contributed by atoms with Crippen molar-refractivity contribution in [2.75, 3.05) is 0 Å². The summed E-state index contributed by atoms with van der Waals surface area (Å²) in [4.78, 5) is 4.55. The normalized spacial score (nSPS) is 13.1. The number of hydrogen-bond acceptors (Lipinski definition) is 2. The van der Waals surface area contributed by atoms with Crippen molar-refractivity contribution in [3.8, 4) is 0 Å². The quantitative estimate of drug-likeness (QED) is 0.688. The average molecular weight is 287 g/mol. The van der Waals surface area contributed by atoms with Crippen LogP contribution in [0.2, 0.25) is 0 Å². The summed E-state index contributed by atoms with van der Waals surface area (Å²) in [5, 5.41) is 2.12. The fraction of sp³-hybridized carbons (Fsp3) is 0.273. The molecule has 0 fully saturated rings. The van der Waals surface area contributed by atoms with Gasteiger partial charge in [0, 0.05) is 14.6 Å². The lowest BCUT2D eigenvalue weighted by molar-refractivity contribution is 1.21. The number of rotatable bonds is 2. The molecule has 0 aromatic carbocycles. The third-order valence-corrected chi connectivity index (χ3v) is 5.35. The summed E-state index contributed by atoms with van der Waals surface area (Å²) in [7, 11) is 0. The molecule has 0 aliphatic heterocycles. The molecular weight excluding hydrogens is 276 g/mol. The van der Waals surface area contributed by atoms with E-state index in [2.05, 4.69) is 53.4 Å². The fourth-order valence-electron chi connectivity index (χ4n) is 1.49. The van der Waals surface area contributed by atoms with Gasteiger partial charge in [-0.2, -0.15) is 0 Å². The summed E-state index contributed by atoms with van der Waals surface area (Å²) < 4.78 is 0. The molecule has 0 nitrogen and oxygen atoms in total. The lowest BCUT2D eigenvalue weighted by Gasteiger charge is -2.06. The van der Waals surface area contributed by atoms with E-state index < -0.39 is 0 Å². The van der Waals surface area contributed by atoms with Crippen LogP contribution in [-0.2, 0) is 0 Å². The van der Waals surface area contributed by atoms with Crippen LogP contribution >= 0.6 is 38.6 Å². The molecule has 2 aromatic rings. The Kier molecular flexibility index (Phi) is 3.10. The molecule has 0 saturated carbocycles. The first-order valence-corrected chi connectivity index (χ1v) is 7.04. The first-order valence-electron chi connectivity index (χ1n) is 4.43. The second-order valence-corrected chi connectivity index (χ2v) is 6.60.